The third kappa shape index (κ3) is 4.85. The van der Waals surface area contributed by atoms with Crippen molar-refractivity contribution in [2.75, 3.05) is 20.1 Å². The van der Waals surface area contributed by atoms with E-state index < -0.39 is 12.0 Å². The molecule has 0 saturated heterocycles. The van der Waals surface area contributed by atoms with Crippen LogP contribution in [0.2, 0.25) is 0 Å². The van der Waals surface area contributed by atoms with E-state index in [0.717, 1.165) is 19.4 Å². The van der Waals surface area contributed by atoms with Crippen molar-refractivity contribution in [3.63, 3.8) is 0 Å². The molecule has 0 bridgehead atoms. The van der Waals surface area contributed by atoms with Crippen molar-refractivity contribution >= 4 is 5.97 Å². The van der Waals surface area contributed by atoms with Gasteiger partial charge in [-0.3, -0.25) is 9.69 Å². The Morgan fingerprint density at radius 1 is 1.62 bits per heavy atom. The van der Waals surface area contributed by atoms with Crippen molar-refractivity contribution in [2.24, 2.45) is 5.73 Å². The van der Waals surface area contributed by atoms with Crippen LogP contribution in [0.25, 0.3) is 0 Å². The van der Waals surface area contributed by atoms with Crippen LogP contribution in [0, 0.1) is 0 Å². The molecule has 3 N–H and O–H groups in total. The van der Waals surface area contributed by atoms with Crippen LogP contribution in [0.5, 0.6) is 0 Å². The molecule has 0 fully saturated rings. The maximum absolute atomic E-state index is 10.8. The number of carboxylic acid groups (broad SMARTS) is 1. The van der Waals surface area contributed by atoms with E-state index in [-0.39, 0.29) is 0 Å². The smallest absolute Gasteiger partial charge is 0.320 e. The molecule has 0 radical (unpaired) electrons. The van der Waals surface area contributed by atoms with Crippen molar-refractivity contribution in [1.82, 2.24) is 4.90 Å². The van der Waals surface area contributed by atoms with Gasteiger partial charge in [-0.05, 0) is 33.0 Å². The van der Waals surface area contributed by atoms with Crippen molar-refractivity contribution in [1.29, 1.82) is 0 Å². The van der Waals surface area contributed by atoms with Gasteiger partial charge in [0.2, 0.25) is 0 Å². The third-order valence-corrected chi connectivity index (χ3v) is 2.12. The first-order valence-electron chi connectivity index (χ1n) is 4.76. The van der Waals surface area contributed by atoms with Crippen LogP contribution in [-0.2, 0) is 4.79 Å². The number of carboxylic acids is 1. The molecule has 0 aliphatic heterocycles. The summed E-state index contributed by atoms with van der Waals surface area (Å²) in [5.41, 5.74) is 5.34. The summed E-state index contributed by atoms with van der Waals surface area (Å²) in [6.07, 6.45) is 2.64. The van der Waals surface area contributed by atoms with E-state index in [0.29, 0.717) is 13.0 Å². The molecule has 0 aromatic heterocycles. The number of nitrogens with two attached hydrogens (primary N) is 1. The Morgan fingerprint density at radius 2 is 2.23 bits per heavy atom. The lowest BCUT2D eigenvalue weighted by molar-refractivity contribution is -0.143. The molecule has 4 nitrogen and oxygen atoms in total. The van der Waals surface area contributed by atoms with Gasteiger partial charge in [-0.2, -0.15) is 0 Å². The van der Waals surface area contributed by atoms with Gasteiger partial charge in [0, 0.05) is 0 Å². The molecular formula is C9H20N2O2. The van der Waals surface area contributed by atoms with E-state index in [4.69, 9.17) is 10.8 Å². The zero-order valence-electron chi connectivity index (χ0n) is 8.49. The Morgan fingerprint density at radius 3 is 2.62 bits per heavy atom. The highest BCUT2D eigenvalue weighted by Crippen LogP contribution is 2.03. The van der Waals surface area contributed by atoms with Crippen molar-refractivity contribution in [3.05, 3.63) is 0 Å². The summed E-state index contributed by atoms with van der Waals surface area (Å²) in [5.74, 6) is -0.774. The van der Waals surface area contributed by atoms with Gasteiger partial charge in [-0.25, -0.2) is 0 Å². The lowest BCUT2D eigenvalue weighted by atomic mass is 10.1. The Labute approximate surface area is 79.7 Å². The molecule has 1 atom stereocenters. The molecule has 0 aliphatic carbocycles. The molecule has 0 amide bonds. The number of carbonyl (C=O) groups is 1. The second-order valence-corrected chi connectivity index (χ2v) is 3.27. The average molecular weight is 188 g/mol. The third-order valence-electron chi connectivity index (χ3n) is 2.12. The zero-order valence-corrected chi connectivity index (χ0v) is 8.49. The number of nitrogens with zero attached hydrogens (tertiary/aromatic N) is 1. The van der Waals surface area contributed by atoms with E-state index in [1.807, 2.05) is 11.9 Å². The second-order valence-electron chi connectivity index (χ2n) is 3.27. The normalized spacial score (nSPS) is 13.2. The molecule has 0 spiro atoms. The molecule has 78 valence electrons. The summed E-state index contributed by atoms with van der Waals surface area (Å²) in [5, 5.41) is 8.88. The number of hydrogen-bond acceptors (Lipinski definition) is 3. The van der Waals surface area contributed by atoms with Gasteiger partial charge < -0.3 is 10.8 Å². The van der Waals surface area contributed by atoms with E-state index >= 15 is 0 Å². The first kappa shape index (κ1) is 12.4. The maximum Gasteiger partial charge on any atom is 0.320 e. The predicted octanol–water partition coefficient (Wildman–Crippen LogP) is 0.520. The molecule has 1 unspecified atom stereocenters. The second kappa shape index (κ2) is 6.86. The minimum absolute atomic E-state index is 0.420. The minimum Gasteiger partial charge on any atom is -0.480 e. The van der Waals surface area contributed by atoms with Gasteiger partial charge in [0.05, 0.1) is 0 Å². The Kier molecular flexibility index (Phi) is 6.54. The van der Waals surface area contributed by atoms with Crippen LogP contribution in [0.4, 0.5) is 0 Å². The molecule has 0 aliphatic rings. The molecular weight excluding hydrogens is 168 g/mol. The van der Waals surface area contributed by atoms with Crippen molar-refractivity contribution in [3.8, 4) is 0 Å². The summed E-state index contributed by atoms with van der Waals surface area (Å²) in [6.45, 7) is 3.34. The number of rotatable bonds is 7. The minimum atomic E-state index is -0.774. The predicted molar refractivity (Wildman–Crippen MR) is 52.6 cm³/mol. The van der Waals surface area contributed by atoms with E-state index in [2.05, 4.69) is 6.92 Å². The fourth-order valence-corrected chi connectivity index (χ4v) is 1.25. The van der Waals surface area contributed by atoms with E-state index in [9.17, 15) is 4.79 Å². The van der Waals surface area contributed by atoms with Gasteiger partial charge in [-0.15, -0.1) is 0 Å². The highest BCUT2D eigenvalue weighted by Gasteiger charge is 2.20. The fraction of sp³-hybridized carbons (Fsp3) is 0.889. The SMILES string of the molecule is CCCCN(C)C(CCN)C(=O)O. The van der Waals surface area contributed by atoms with E-state index in [1.165, 1.54) is 0 Å². The number of hydrogen-bond donors (Lipinski definition) is 2. The van der Waals surface area contributed by atoms with Gasteiger partial charge in [0.15, 0.2) is 0 Å². The average Bonchev–Trinajstić information content (AvgIpc) is 2.09. The maximum atomic E-state index is 10.8. The van der Waals surface area contributed by atoms with Crippen LogP contribution in [0.3, 0.4) is 0 Å². The number of unbranched alkanes of at least 4 members (excludes halogenated alkanes) is 1. The van der Waals surface area contributed by atoms with Gasteiger partial charge in [0.1, 0.15) is 6.04 Å². The first-order valence-corrected chi connectivity index (χ1v) is 4.76. The first-order chi connectivity index (χ1) is 6.13. The lowest BCUT2D eigenvalue weighted by Gasteiger charge is -2.23. The summed E-state index contributed by atoms with van der Waals surface area (Å²) in [4.78, 5) is 12.7. The summed E-state index contributed by atoms with van der Waals surface area (Å²) < 4.78 is 0. The summed E-state index contributed by atoms with van der Waals surface area (Å²) in [6, 6.07) is -0.420. The Balaban J connectivity index is 3.95. The molecule has 0 rings (SSSR count). The summed E-state index contributed by atoms with van der Waals surface area (Å²) >= 11 is 0. The molecule has 0 aromatic rings. The fourth-order valence-electron chi connectivity index (χ4n) is 1.25. The molecule has 13 heavy (non-hydrogen) atoms. The van der Waals surface area contributed by atoms with Crippen LogP contribution in [0.1, 0.15) is 26.2 Å². The molecule has 0 saturated carbocycles. The van der Waals surface area contributed by atoms with Crippen LogP contribution >= 0.6 is 0 Å². The van der Waals surface area contributed by atoms with E-state index in [1.54, 1.807) is 0 Å². The standard InChI is InChI=1S/C9H20N2O2/c1-3-4-7-11(2)8(5-6-10)9(12)13/h8H,3-7,10H2,1-2H3,(H,12,13). The van der Waals surface area contributed by atoms with Crippen molar-refractivity contribution in [2.45, 2.75) is 32.2 Å². The zero-order chi connectivity index (χ0) is 10.3. The molecule has 4 heteroatoms. The topological polar surface area (TPSA) is 66.6 Å². The number of likely N-dealkylation sites (N-methyl/N-ethyl adjacent to an activating group) is 1. The van der Waals surface area contributed by atoms with Crippen LogP contribution < -0.4 is 5.73 Å². The van der Waals surface area contributed by atoms with Gasteiger partial charge in [0.25, 0.3) is 0 Å². The largest absolute Gasteiger partial charge is 0.480 e. The lowest BCUT2D eigenvalue weighted by Crippen LogP contribution is -2.40. The Bertz CT molecular complexity index is 151. The quantitative estimate of drug-likeness (QED) is 0.611. The van der Waals surface area contributed by atoms with Crippen molar-refractivity contribution < 1.29 is 9.90 Å². The molecule has 0 heterocycles. The van der Waals surface area contributed by atoms with Crippen LogP contribution in [-0.4, -0.2) is 42.2 Å². The number of aliphatic carboxylic acids is 1. The van der Waals surface area contributed by atoms with Gasteiger partial charge in [-0.1, -0.05) is 13.3 Å². The van der Waals surface area contributed by atoms with Crippen LogP contribution in [0.15, 0.2) is 0 Å². The van der Waals surface area contributed by atoms with Gasteiger partial charge >= 0.3 is 5.97 Å². The summed E-state index contributed by atoms with van der Waals surface area (Å²) in [7, 11) is 1.84. The Hall–Kier alpha value is -0.610. The highest BCUT2D eigenvalue weighted by atomic mass is 16.4. The molecule has 0 aromatic carbocycles. The highest BCUT2D eigenvalue weighted by molar-refractivity contribution is 5.73. The monoisotopic (exact) mass is 188 g/mol.